The molecule has 0 amide bonds. The first-order valence-electron chi connectivity index (χ1n) is 15.9. The summed E-state index contributed by atoms with van der Waals surface area (Å²) in [6.07, 6.45) is 7.23. The molecule has 0 aliphatic heterocycles. The van der Waals surface area contributed by atoms with Crippen molar-refractivity contribution in [2.24, 2.45) is 11.8 Å². The minimum atomic E-state index is -1.01. The predicted molar refractivity (Wildman–Crippen MR) is 178 cm³/mol. The van der Waals surface area contributed by atoms with E-state index in [1.54, 1.807) is 12.3 Å². The summed E-state index contributed by atoms with van der Waals surface area (Å²) in [6, 6.07) is 32.9. The highest BCUT2D eigenvalue weighted by Crippen LogP contribution is 2.45. The molecule has 9 rings (SSSR count). The van der Waals surface area contributed by atoms with Gasteiger partial charge in [0.05, 0.1) is 10.4 Å². The second-order valence-corrected chi connectivity index (χ2v) is 12.9. The summed E-state index contributed by atoms with van der Waals surface area (Å²) in [5, 5.41) is 9.41. The Labute approximate surface area is 271 Å². The average Bonchev–Trinajstić information content (AvgIpc) is 3.47. The maximum Gasteiger partial charge on any atom is 0.168 e. The third-order valence-electron chi connectivity index (χ3n) is 9.91. The lowest BCUT2D eigenvalue weighted by molar-refractivity contribution is 0.157. The zero-order chi connectivity index (χ0) is 31.3. The molecular weight excluding hydrogens is 600 g/mol. The number of rotatable bonds is 7. The van der Waals surface area contributed by atoms with Crippen molar-refractivity contribution < 1.29 is 8.78 Å². The zero-order valence-corrected chi connectivity index (χ0v) is 25.8. The van der Waals surface area contributed by atoms with E-state index < -0.39 is 17.2 Å². The Kier molecular flexibility index (Phi) is 7.29. The molecule has 1 N–H and O–H groups in total. The lowest BCUT2D eigenvalue weighted by Crippen LogP contribution is -2.40. The summed E-state index contributed by atoms with van der Waals surface area (Å²) in [7, 11) is 0. The van der Waals surface area contributed by atoms with Crippen molar-refractivity contribution in [2.45, 2.75) is 43.7 Å². The van der Waals surface area contributed by atoms with Gasteiger partial charge < -0.3 is 5.32 Å². The molecule has 0 spiro atoms. The second kappa shape index (κ2) is 11.6. The standard InChI is InChI=1S/C38H32ClF2N5/c39-29-21-30-34(35-31(40)22-32(41)36(44-35)43-33-20-24-16-18-25(33)19-17-24)45-46(37(30)42-23-29)38(26-10-4-1-5-11-26,27-12-6-2-7-13-27)28-14-8-3-9-15-28/h1-15,21-25,33H,16-20H2,(H,43,44)/t24?,25?,33-/m1/s1. The molecule has 2 bridgehead atoms. The molecule has 0 unspecified atom stereocenters. The first-order chi connectivity index (χ1) is 22.5. The van der Waals surface area contributed by atoms with E-state index in [1.807, 2.05) is 59.3 Å². The molecule has 0 radical (unpaired) electrons. The lowest BCUT2D eigenvalue weighted by Gasteiger charge is -2.42. The number of benzene rings is 3. The molecule has 3 aromatic heterocycles. The number of hydrogen-bond donors (Lipinski definition) is 1. The highest BCUT2D eigenvalue weighted by Gasteiger charge is 2.42. The maximum atomic E-state index is 15.9. The van der Waals surface area contributed by atoms with Crippen LogP contribution in [0.1, 0.15) is 48.8 Å². The van der Waals surface area contributed by atoms with Crippen LogP contribution in [0.25, 0.3) is 22.4 Å². The van der Waals surface area contributed by atoms with Crippen LogP contribution in [0.5, 0.6) is 0 Å². The number of fused-ring (bicyclic) bond motifs is 4. The molecule has 230 valence electrons. The Bertz CT molecular complexity index is 1910. The number of nitrogens with zero attached hydrogens (tertiary/aromatic N) is 4. The minimum absolute atomic E-state index is 0.0482. The van der Waals surface area contributed by atoms with Gasteiger partial charge in [-0.15, -0.1) is 0 Å². The molecule has 3 aliphatic carbocycles. The monoisotopic (exact) mass is 631 g/mol. The van der Waals surface area contributed by atoms with Crippen molar-refractivity contribution in [3.63, 3.8) is 0 Å². The highest BCUT2D eigenvalue weighted by molar-refractivity contribution is 6.31. The Hall–Kier alpha value is -4.62. The topological polar surface area (TPSA) is 55.6 Å². The quantitative estimate of drug-likeness (QED) is 0.178. The normalized spacial score (nSPS) is 19.4. The summed E-state index contributed by atoms with van der Waals surface area (Å²) in [5.74, 6) is -0.363. The van der Waals surface area contributed by atoms with E-state index in [0.717, 1.165) is 42.0 Å². The molecule has 1 atom stereocenters. The smallest absolute Gasteiger partial charge is 0.168 e. The minimum Gasteiger partial charge on any atom is -0.365 e. The first-order valence-corrected chi connectivity index (χ1v) is 16.2. The van der Waals surface area contributed by atoms with Crippen molar-refractivity contribution in [3.05, 3.63) is 143 Å². The largest absolute Gasteiger partial charge is 0.365 e. The number of hydrogen-bond acceptors (Lipinski definition) is 4. The van der Waals surface area contributed by atoms with E-state index in [0.29, 0.717) is 27.9 Å². The van der Waals surface area contributed by atoms with Gasteiger partial charge in [-0.3, -0.25) is 0 Å². The summed E-state index contributed by atoms with van der Waals surface area (Å²) < 4.78 is 33.1. The zero-order valence-electron chi connectivity index (χ0n) is 25.1. The van der Waals surface area contributed by atoms with Gasteiger partial charge in [0.1, 0.15) is 16.9 Å². The van der Waals surface area contributed by atoms with Crippen LogP contribution in [-0.2, 0) is 5.54 Å². The summed E-state index contributed by atoms with van der Waals surface area (Å²) in [6.45, 7) is 0. The van der Waals surface area contributed by atoms with E-state index in [-0.39, 0.29) is 23.2 Å². The first kappa shape index (κ1) is 28.8. The van der Waals surface area contributed by atoms with E-state index in [9.17, 15) is 0 Å². The van der Waals surface area contributed by atoms with Gasteiger partial charge in [-0.25, -0.2) is 23.4 Å². The molecule has 6 aromatic rings. The van der Waals surface area contributed by atoms with Crippen LogP contribution >= 0.6 is 11.6 Å². The molecule has 3 aromatic carbocycles. The van der Waals surface area contributed by atoms with Crippen LogP contribution in [0.2, 0.25) is 5.02 Å². The van der Waals surface area contributed by atoms with Gasteiger partial charge in [-0.1, -0.05) is 115 Å². The van der Waals surface area contributed by atoms with Gasteiger partial charge in [-0.05, 0) is 53.9 Å². The molecule has 46 heavy (non-hydrogen) atoms. The second-order valence-electron chi connectivity index (χ2n) is 12.5. The van der Waals surface area contributed by atoms with Crippen LogP contribution < -0.4 is 5.32 Å². The SMILES string of the molecule is Fc1cc(F)c(-c2nn(C(c3ccccc3)(c3ccccc3)c3ccccc3)c3ncc(Cl)cc23)nc1N[C@@H]1CC2CCC1CC2. The fourth-order valence-corrected chi connectivity index (χ4v) is 7.91. The third-order valence-corrected chi connectivity index (χ3v) is 10.1. The Morgan fingerprint density at radius 2 is 1.33 bits per heavy atom. The van der Waals surface area contributed by atoms with Gasteiger partial charge in [0.15, 0.2) is 23.1 Å². The highest BCUT2D eigenvalue weighted by atomic mass is 35.5. The van der Waals surface area contributed by atoms with E-state index in [4.69, 9.17) is 21.7 Å². The number of pyridine rings is 2. The molecule has 3 aliphatic rings. The van der Waals surface area contributed by atoms with Gasteiger partial charge in [0, 0.05) is 18.3 Å². The summed E-state index contributed by atoms with van der Waals surface area (Å²) in [5.41, 5.74) is 2.45. The summed E-state index contributed by atoms with van der Waals surface area (Å²) in [4.78, 5) is 9.39. The van der Waals surface area contributed by atoms with Crippen molar-refractivity contribution >= 4 is 28.5 Å². The van der Waals surface area contributed by atoms with Crippen LogP contribution in [0.15, 0.2) is 109 Å². The van der Waals surface area contributed by atoms with Crippen molar-refractivity contribution in [1.82, 2.24) is 19.7 Å². The van der Waals surface area contributed by atoms with Gasteiger partial charge in [0.25, 0.3) is 0 Å². The summed E-state index contributed by atoms with van der Waals surface area (Å²) >= 11 is 6.53. The van der Waals surface area contributed by atoms with E-state index in [1.165, 1.54) is 12.8 Å². The maximum absolute atomic E-state index is 15.9. The fourth-order valence-electron chi connectivity index (χ4n) is 7.75. The molecule has 3 fully saturated rings. The molecule has 3 saturated carbocycles. The Balaban J connectivity index is 1.38. The van der Waals surface area contributed by atoms with Gasteiger partial charge >= 0.3 is 0 Å². The van der Waals surface area contributed by atoms with Crippen molar-refractivity contribution in [1.29, 1.82) is 0 Å². The number of anilines is 1. The number of halogens is 3. The number of aromatic nitrogens is 4. The molecule has 3 heterocycles. The molecule has 5 nitrogen and oxygen atoms in total. The Morgan fingerprint density at radius 1 is 0.739 bits per heavy atom. The van der Waals surface area contributed by atoms with Crippen molar-refractivity contribution in [3.8, 4) is 11.4 Å². The average molecular weight is 632 g/mol. The molecule has 8 heteroatoms. The van der Waals surface area contributed by atoms with Crippen LogP contribution in [-0.4, -0.2) is 25.8 Å². The van der Waals surface area contributed by atoms with Crippen LogP contribution in [0.4, 0.5) is 14.6 Å². The molecule has 0 saturated heterocycles. The van der Waals surface area contributed by atoms with Crippen LogP contribution in [0.3, 0.4) is 0 Å². The lowest BCUT2D eigenvalue weighted by atomic mass is 9.68. The van der Waals surface area contributed by atoms with E-state index in [2.05, 4.69) is 46.7 Å². The van der Waals surface area contributed by atoms with Gasteiger partial charge in [-0.2, -0.15) is 5.10 Å². The van der Waals surface area contributed by atoms with Gasteiger partial charge in [0.2, 0.25) is 0 Å². The number of nitrogens with one attached hydrogen (secondary N) is 1. The third kappa shape index (κ3) is 4.76. The Morgan fingerprint density at radius 3 is 1.87 bits per heavy atom. The van der Waals surface area contributed by atoms with Crippen molar-refractivity contribution in [2.75, 3.05) is 5.32 Å². The molecular formula is C38H32ClF2N5. The predicted octanol–water partition coefficient (Wildman–Crippen LogP) is 9.26. The fraction of sp³-hybridized carbons (Fsp3) is 0.237. The van der Waals surface area contributed by atoms with Crippen LogP contribution in [0, 0.1) is 23.5 Å². The van der Waals surface area contributed by atoms with E-state index >= 15 is 8.78 Å².